The maximum absolute atomic E-state index is 13.4. The van der Waals surface area contributed by atoms with Crippen molar-refractivity contribution in [3.63, 3.8) is 0 Å². The van der Waals surface area contributed by atoms with Crippen LogP contribution < -0.4 is 11.2 Å². The predicted octanol–water partition coefficient (Wildman–Crippen LogP) is 5.26. The van der Waals surface area contributed by atoms with Gasteiger partial charge in [-0.05, 0) is 46.7 Å². The lowest BCUT2D eigenvalue weighted by Gasteiger charge is -2.18. The van der Waals surface area contributed by atoms with Crippen molar-refractivity contribution < 1.29 is 4.52 Å². The molecule has 34 heavy (non-hydrogen) atoms. The molecule has 0 N–H and O–H groups in total. The SMILES string of the molecule is CC(C)(C)c1ccc(-c2noc(Cn3c(=O)n(-c4ccc(Cl)cc4)c(=O)c4sccc43)n2)cc1. The molecule has 7 nitrogen and oxygen atoms in total. The number of nitrogens with zero attached hydrogens (tertiary/aromatic N) is 4. The summed E-state index contributed by atoms with van der Waals surface area (Å²) in [6, 6.07) is 16.3. The van der Waals surface area contributed by atoms with Crippen molar-refractivity contribution in [1.82, 2.24) is 19.3 Å². The van der Waals surface area contributed by atoms with Crippen molar-refractivity contribution >= 4 is 33.2 Å². The van der Waals surface area contributed by atoms with Gasteiger partial charge in [-0.25, -0.2) is 9.36 Å². The highest BCUT2D eigenvalue weighted by Gasteiger charge is 2.19. The molecule has 3 heterocycles. The lowest BCUT2D eigenvalue weighted by Crippen LogP contribution is -2.38. The zero-order valence-electron chi connectivity index (χ0n) is 18.8. The van der Waals surface area contributed by atoms with Crippen molar-refractivity contribution in [2.45, 2.75) is 32.7 Å². The Hall–Kier alpha value is -3.49. The fourth-order valence-corrected chi connectivity index (χ4v) is 4.70. The van der Waals surface area contributed by atoms with Crippen LogP contribution in [0.25, 0.3) is 27.3 Å². The third-order valence-corrected chi connectivity index (χ3v) is 6.75. The maximum atomic E-state index is 13.4. The largest absolute Gasteiger partial charge is 0.337 e. The van der Waals surface area contributed by atoms with Crippen LogP contribution in [0.1, 0.15) is 32.2 Å². The fraction of sp³-hybridized carbons (Fsp3) is 0.200. The van der Waals surface area contributed by atoms with E-state index in [0.717, 1.165) is 10.1 Å². The van der Waals surface area contributed by atoms with Gasteiger partial charge in [-0.2, -0.15) is 4.98 Å². The van der Waals surface area contributed by atoms with Crippen molar-refractivity contribution in [1.29, 1.82) is 0 Å². The van der Waals surface area contributed by atoms with E-state index in [4.69, 9.17) is 16.1 Å². The van der Waals surface area contributed by atoms with Gasteiger partial charge < -0.3 is 4.52 Å². The number of fused-ring (bicyclic) bond motifs is 1. The number of hydrogen-bond acceptors (Lipinski definition) is 6. The minimum Gasteiger partial charge on any atom is -0.337 e. The highest BCUT2D eigenvalue weighted by Crippen LogP contribution is 2.25. The van der Waals surface area contributed by atoms with Gasteiger partial charge in [0.25, 0.3) is 5.56 Å². The van der Waals surface area contributed by atoms with E-state index in [1.54, 1.807) is 35.7 Å². The first-order chi connectivity index (χ1) is 16.2. The molecule has 5 aromatic rings. The molecule has 0 fully saturated rings. The molecular formula is C25H21ClN4O3S. The summed E-state index contributed by atoms with van der Waals surface area (Å²) in [5.41, 5.74) is 2.17. The first-order valence-corrected chi connectivity index (χ1v) is 11.9. The predicted molar refractivity (Wildman–Crippen MR) is 134 cm³/mol. The van der Waals surface area contributed by atoms with Crippen molar-refractivity contribution in [3.8, 4) is 17.1 Å². The van der Waals surface area contributed by atoms with Gasteiger partial charge in [-0.3, -0.25) is 9.36 Å². The fourth-order valence-electron chi connectivity index (χ4n) is 3.75. The second kappa shape index (κ2) is 8.38. The van der Waals surface area contributed by atoms with E-state index in [0.29, 0.717) is 26.8 Å². The lowest BCUT2D eigenvalue weighted by molar-refractivity contribution is 0.370. The first kappa shape index (κ1) is 22.3. The van der Waals surface area contributed by atoms with Crippen LogP contribution in [0.2, 0.25) is 5.02 Å². The Balaban J connectivity index is 1.55. The first-order valence-electron chi connectivity index (χ1n) is 10.6. The Morgan fingerprint density at radius 3 is 2.38 bits per heavy atom. The van der Waals surface area contributed by atoms with Gasteiger partial charge in [-0.1, -0.05) is 61.8 Å². The summed E-state index contributed by atoms with van der Waals surface area (Å²) < 4.78 is 8.55. The molecule has 0 aliphatic rings. The number of thiophene rings is 1. The van der Waals surface area contributed by atoms with Crippen molar-refractivity contribution in [3.05, 3.63) is 97.3 Å². The van der Waals surface area contributed by atoms with Crippen molar-refractivity contribution in [2.75, 3.05) is 0 Å². The van der Waals surface area contributed by atoms with Crippen LogP contribution in [0.15, 0.2) is 74.1 Å². The second-order valence-corrected chi connectivity index (χ2v) is 10.3. The highest BCUT2D eigenvalue weighted by atomic mass is 35.5. The monoisotopic (exact) mass is 492 g/mol. The normalized spacial score (nSPS) is 11.9. The molecule has 5 rings (SSSR count). The molecule has 9 heteroatoms. The van der Waals surface area contributed by atoms with Gasteiger partial charge in [0.2, 0.25) is 11.7 Å². The van der Waals surface area contributed by atoms with Crippen LogP contribution in [0.5, 0.6) is 0 Å². The van der Waals surface area contributed by atoms with Gasteiger partial charge in [0.1, 0.15) is 11.2 Å². The van der Waals surface area contributed by atoms with Gasteiger partial charge in [-0.15, -0.1) is 11.3 Å². The van der Waals surface area contributed by atoms with E-state index in [1.807, 2.05) is 24.3 Å². The van der Waals surface area contributed by atoms with Crippen LogP contribution in [0.4, 0.5) is 0 Å². The summed E-state index contributed by atoms with van der Waals surface area (Å²) in [4.78, 5) is 31.0. The molecule has 0 aliphatic carbocycles. The summed E-state index contributed by atoms with van der Waals surface area (Å²) in [7, 11) is 0. The molecule has 172 valence electrons. The maximum Gasteiger partial charge on any atom is 0.336 e. The average Bonchev–Trinajstić information content (AvgIpc) is 3.48. The molecule has 0 bridgehead atoms. The summed E-state index contributed by atoms with van der Waals surface area (Å²) in [5.74, 6) is 0.710. The van der Waals surface area contributed by atoms with E-state index in [2.05, 4.69) is 30.9 Å². The van der Waals surface area contributed by atoms with Crippen LogP contribution in [-0.2, 0) is 12.0 Å². The third kappa shape index (κ3) is 3.99. The zero-order valence-corrected chi connectivity index (χ0v) is 20.4. The molecule has 0 saturated heterocycles. The van der Waals surface area contributed by atoms with E-state index in [-0.39, 0.29) is 23.4 Å². The molecule has 0 radical (unpaired) electrons. The van der Waals surface area contributed by atoms with Gasteiger partial charge in [0.15, 0.2) is 0 Å². The molecular weight excluding hydrogens is 472 g/mol. The Morgan fingerprint density at radius 1 is 1.00 bits per heavy atom. The van der Waals surface area contributed by atoms with Crippen molar-refractivity contribution in [2.24, 2.45) is 0 Å². The van der Waals surface area contributed by atoms with E-state index in [1.165, 1.54) is 21.5 Å². The molecule has 2 aromatic carbocycles. The quantitative estimate of drug-likeness (QED) is 0.341. The Bertz CT molecular complexity index is 1600. The highest BCUT2D eigenvalue weighted by molar-refractivity contribution is 7.17. The smallest absolute Gasteiger partial charge is 0.336 e. The lowest BCUT2D eigenvalue weighted by atomic mass is 9.87. The molecule has 0 saturated carbocycles. The minimum absolute atomic E-state index is 0.0347. The van der Waals surface area contributed by atoms with Gasteiger partial charge in [0, 0.05) is 10.6 Å². The average molecular weight is 493 g/mol. The number of aromatic nitrogens is 4. The Labute approximate surface area is 203 Å². The molecule has 0 aliphatic heterocycles. The summed E-state index contributed by atoms with van der Waals surface area (Å²) in [5, 5.41) is 6.40. The summed E-state index contributed by atoms with van der Waals surface area (Å²) in [6.45, 7) is 6.50. The molecule has 0 atom stereocenters. The molecule has 0 spiro atoms. The van der Waals surface area contributed by atoms with E-state index in [9.17, 15) is 9.59 Å². The second-order valence-electron chi connectivity index (χ2n) is 8.96. The summed E-state index contributed by atoms with van der Waals surface area (Å²) >= 11 is 7.26. The zero-order chi connectivity index (χ0) is 24.0. The van der Waals surface area contributed by atoms with Crippen LogP contribution in [-0.4, -0.2) is 19.3 Å². The molecule has 0 unspecified atom stereocenters. The van der Waals surface area contributed by atoms with Crippen LogP contribution >= 0.6 is 22.9 Å². The van der Waals surface area contributed by atoms with Gasteiger partial charge >= 0.3 is 5.69 Å². The Morgan fingerprint density at radius 2 is 1.71 bits per heavy atom. The van der Waals surface area contributed by atoms with E-state index >= 15 is 0 Å². The number of rotatable bonds is 4. The number of hydrogen-bond donors (Lipinski definition) is 0. The number of halogens is 1. The topological polar surface area (TPSA) is 82.9 Å². The standard InChI is InChI=1S/C25H21ClN4O3S/c1-25(2,3)16-6-4-15(5-7-16)22-27-20(33-28-22)14-29-19-12-13-34-21(19)23(31)30(24(29)32)18-10-8-17(26)9-11-18/h4-13H,14H2,1-3H3. The van der Waals surface area contributed by atoms with E-state index < -0.39 is 5.69 Å². The van der Waals surface area contributed by atoms with Crippen LogP contribution in [0.3, 0.4) is 0 Å². The Kier molecular flexibility index (Phi) is 5.50. The minimum atomic E-state index is -0.493. The summed E-state index contributed by atoms with van der Waals surface area (Å²) in [6.07, 6.45) is 0. The van der Waals surface area contributed by atoms with Crippen LogP contribution in [0, 0.1) is 0 Å². The van der Waals surface area contributed by atoms with Gasteiger partial charge in [0.05, 0.1) is 11.2 Å². The molecule has 0 amide bonds. The molecule has 3 aromatic heterocycles. The third-order valence-electron chi connectivity index (χ3n) is 5.61. The number of benzene rings is 2.